The summed E-state index contributed by atoms with van der Waals surface area (Å²) in [5.74, 6) is 0.778. The van der Waals surface area contributed by atoms with Crippen LogP contribution in [0.3, 0.4) is 0 Å². The summed E-state index contributed by atoms with van der Waals surface area (Å²) in [4.78, 5) is 3.95. The third-order valence-electron chi connectivity index (χ3n) is 1.16. The normalized spacial score (nSPS) is 9.67. The first-order valence-corrected chi connectivity index (χ1v) is 2.98. The minimum Gasteiger partial charge on any atom is -0.359 e. The van der Waals surface area contributed by atoms with E-state index < -0.39 is 0 Å². The van der Waals surface area contributed by atoms with E-state index in [1.54, 1.807) is 17.8 Å². The lowest BCUT2D eigenvalue weighted by atomic mass is 10.9. The van der Waals surface area contributed by atoms with Gasteiger partial charge in [-0.05, 0) is 0 Å². The Balaban J connectivity index is 3.04. The molecular formula is C5H8ClN3. The zero-order chi connectivity index (χ0) is 6.85. The van der Waals surface area contributed by atoms with Gasteiger partial charge in [0.2, 0.25) is 5.95 Å². The van der Waals surface area contributed by atoms with E-state index in [0.717, 1.165) is 5.95 Å². The van der Waals surface area contributed by atoms with Crippen LogP contribution >= 0.6 is 11.6 Å². The summed E-state index contributed by atoms with van der Waals surface area (Å²) in [6.07, 6.45) is 1.60. The summed E-state index contributed by atoms with van der Waals surface area (Å²) >= 11 is 5.67. The molecule has 0 radical (unpaired) electrons. The average Bonchev–Trinajstić information content (AvgIpc) is 2.15. The number of nitrogens with one attached hydrogen (secondary N) is 1. The molecule has 9 heavy (non-hydrogen) atoms. The molecule has 0 amide bonds. The fraction of sp³-hybridized carbons (Fsp3) is 0.400. The van der Waals surface area contributed by atoms with Gasteiger partial charge in [0, 0.05) is 14.1 Å². The minimum absolute atomic E-state index is 0.638. The lowest BCUT2D eigenvalue weighted by molar-refractivity contribution is 0.920. The highest BCUT2D eigenvalue weighted by Crippen LogP contribution is 2.11. The SMILES string of the molecule is CNc1ncc(Cl)n1C. The van der Waals surface area contributed by atoms with Crippen molar-refractivity contribution >= 4 is 17.5 Å². The van der Waals surface area contributed by atoms with Crippen LogP contribution in [-0.4, -0.2) is 16.6 Å². The molecule has 1 rings (SSSR count). The van der Waals surface area contributed by atoms with Crippen LogP contribution in [0.25, 0.3) is 0 Å². The molecular weight excluding hydrogens is 138 g/mol. The maximum absolute atomic E-state index is 5.67. The second kappa shape index (κ2) is 2.27. The zero-order valence-corrected chi connectivity index (χ0v) is 6.11. The van der Waals surface area contributed by atoms with Crippen LogP contribution < -0.4 is 5.32 Å². The Labute approximate surface area is 58.7 Å². The first-order chi connectivity index (χ1) is 4.25. The van der Waals surface area contributed by atoms with Gasteiger partial charge in [0.25, 0.3) is 0 Å². The van der Waals surface area contributed by atoms with Gasteiger partial charge in [-0.3, -0.25) is 0 Å². The van der Waals surface area contributed by atoms with E-state index in [1.807, 2.05) is 7.05 Å². The molecule has 1 aromatic heterocycles. The monoisotopic (exact) mass is 145 g/mol. The van der Waals surface area contributed by atoms with E-state index in [2.05, 4.69) is 10.3 Å². The molecule has 0 saturated carbocycles. The van der Waals surface area contributed by atoms with Crippen LogP contribution in [0.4, 0.5) is 5.95 Å². The van der Waals surface area contributed by atoms with Crippen molar-refractivity contribution in [3.63, 3.8) is 0 Å². The van der Waals surface area contributed by atoms with E-state index in [-0.39, 0.29) is 0 Å². The number of anilines is 1. The quantitative estimate of drug-likeness (QED) is 0.642. The summed E-state index contributed by atoms with van der Waals surface area (Å²) in [5, 5.41) is 3.52. The Morgan fingerprint density at radius 3 is 2.67 bits per heavy atom. The maximum Gasteiger partial charge on any atom is 0.203 e. The summed E-state index contributed by atoms with van der Waals surface area (Å²) in [6, 6.07) is 0. The highest BCUT2D eigenvalue weighted by Gasteiger charge is 1.98. The number of hydrogen-bond acceptors (Lipinski definition) is 2. The minimum atomic E-state index is 0.638. The van der Waals surface area contributed by atoms with Crippen LogP contribution in [0.1, 0.15) is 0 Å². The number of imidazole rings is 1. The molecule has 1 aromatic rings. The Morgan fingerprint density at radius 1 is 1.78 bits per heavy atom. The van der Waals surface area contributed by atoms with Gasteiger partial charge in [-0.15, -0.1) is 0 Å². The van der Waals surface area contributed by atoms with Crippen molar-refractivity contribution in [2.24, 2.45) is 7.05 Å². The van der Waals surface area contributed by atoms with Crippen LogP contribution in [0.5, 0.6) is 0 Å². The van der Waals surface area contributed by atoms with Gasteiger partial charge in [-0.2, -0.15) is 0 Å². The topological polar surface area (TPSA) is 29.9 Å². The molecule has 0 atom stereocenters. The molecule has 50 valence electrons. The Bertz CT molecular complexity index is 206. The van der Waals surface area contributed by atoms with E-state index in [4.69, 9.17) is 11.6 Å². The molecule has 1 N–H and O–H groups in total. The Morgan fingerprint density at radius 2 is 2.44 bits per heavy atom. The van der Waals surface area contributed by atoms with Crippen molar-refractivity contribution < 1.29 is 0 Å². The van der Waals surface area contributed by atoms with Crippen molar-refractivity contribution in [3.8, 4) is 0 Å². The Hall–Kier alpha value is -0.700. The van der Waals surface area contributed by atoms with Crippen molar-refractivity contribution in [2.45, 2.75) is 0 Å². The molecule has 0 unspecified atom stereocenters. The van der Waals surface area contributed by atoms with Gasteiger partial charge in [0.15, 0.2) is 0 Å². The second-order valence-electron chi connectivity index (χ2n) is 1.71. The van der Waals surface area contributed by atoms with Crippen LogP contribution in [0, 0.1) is 0 Å². The number of aromatic nitrogens is 2. The summed E-state index contributed by atoms with van der Waals surface area (Å²) in [6.45, 7) is 0. The highest BCUT2D eigenvalue weighted by atomic mass is 35.5. The molecule has 0 aromatic carbocycles. The van der Waals surface area contributed by atoms with Crippen LogP contribution in [0.2, 0.25) is 5.15 Å². The third kappa shape index (κ3) is 1.00. The Kier molecular flexibility index (Phi) is 1.62. The van der Waals surface area contributed by atoms with E-state index >= 15 is 0 Å². The summed E-state index contributed by atoms with van der Waals surface area (Å²) in [5.41, 5.74) is 0. The van der Waals surface area contributed by atoms with Crippen molar-refractivity contribution in [2.75, 3.05) is 12.4 Å². The van der Waals surface area contributed by atoms with E-state index in [9.17, 15) is 0 Å². The molecule has 0 aliphatic rings. The van der Waals surface area contributed by atoms with Crippen LogP contribution in [-0.2, 0) is 7.05 Å². The van der Waals surface area contributed by atoms with E-state index in [0.29, 0.717) is 5.15 Å². The largest absolute Gasteiger partial charge is 0.359 e. The van der Waals surface area contributed by atoms with Crippen molar-refractivity contribution in [1.29, 1.82) is 0 Å². The predicted octanol–water partition coefficient (Wildman–Crippen LogP) is 1.12. The van der Waals surface area contributed by atoms with E-state index in [1.165, 1.54) is 0 Å². The van der Waals surface area contributed by atoms with Crippen LogP contribution in [0.15, 0.2) is 6.20 Å². The molecule has 3 nitrogen and oxygen atoms in total. The first kappa shape index (κ1) is 6.42. The van der Waals surface area contributed by atoms with Gasteiger partial charge < -0.3 is 9.88 Å². The average molecular weight is 146 g/mol. The highest BCUT2D eigenvalue weighted by molar-refractivity contribution is 6.29. The van der Waals surface area contributed by atoms with Gasteiger partial charge in [0.1, 0.15) is 5.15 Å². The van der Waals surface area contributed by atoms with Gasteiger partial charge >= 0.3 is 0 Å². The molecule has 1 heterocycles. The molecule has 0 aliphatic carbocycles. The summed E-state index contributed by atoms with van der Waals surface area (Å²) in [7, 11) is 3.65. The van der Waals surface area contributed by atoms with Gasteiger partial charge in [-0.1, -0.05) is 11.6 Å². The lowest BCUT2D eigenvalue weighted by Gasteiger charge is -1.97. The number of nitrogens with zero attached hydrogens (tertiary/aromatic N) is 2. The first-order valence-electron chi connectivity index (χ1n) is 2.60. The summed E-state index contributed by atoms with van der Waals surface area (Å²) < 4.78 is 1.77. The standard InChI is InChI=1S/C5H8ClN3/c1-7-5-8-3-4(6)9(5)2/h3H,1-2H3,(H,7,8). The zero-order valence-electron chi connectivity index (χ0n) is 5.35. The molecule has 0 fully saturated rings. The number of halogens is 1. The number of rotatable bonds is 1. The third-order valence-corrected chi connectivity index (χ3v) is 1.51. The lowest BCUT2D eigenvalue weighted by Crippen LogP contribution is -1.97. The maximum atomic E-state index is 5.67. The fourth-order valence-corrected chi connectivity index (χ4v) is 0.750. The van der Waals surface area contributed by atoms with Crippen molar-refractivity contribution in [3.05, 3.63) is 11.3 Å². The number of hydrogen-bond donors (Lipinski definition) is 1. The fourth-order valence-electron chi connectivity index (χ4n) is 0.621. The van der Waals surface area contributed by atoms with Crippen molar-refractivity contribution in [1.82, 2.24) is 9.55 Å². The predicted molar refractivity (Wildman–Crippen MR) is 37.8 cm³/mol. The molecule has 0 saturated heterocycles. The molecule has 0 bridgehead atoms. The van der Waals surface area contributed by atoms with Gasteiger partial charge in [-0.25, -0.2) is 4.98 Å². The molecule has 0 aliphatic heterocycles. The van der Waals surface area contributed by atoms with Gasteiger partial charge in [0.05, 0.1) is 6.20 Å². The molecule has 0 spiro atoms. The smallest absolute Gasteiger partial charge is 0.203 e. The second-order valence-corrected chi connectivity index (χ2v) is 2.10. The molecule has 4 heteroatoms.